The number of hydrogen-bond donors (Lipinski definition) is 1. The molecule has 0 bridgehead atoms. The van der Waals surface area contributed by atoms with Gasteiger partial charge in [0.15, 0.2) is 0 Å². The number of ether oxygens (including phenoxy) is 1. The molecule has 4 heteroatoms. The second-order valence-electron chi connectivity index (χ2n) is 6.75. The minimum absolute atomic E-state index is 0.0433. The molecule has 0 fully saturated rings. The van der Waals surface area contributed by atoms with E-state index < -0.39 is 6.16 Å². The van der Waals surface area contributed by atoms with Crippen LogP contribution in [0.5, 0.6) is 0 Å². The van der Waals surface area contributed by atoms with E-state index in [2.05, 4.69) is 32.4 Å². The highest BCUT2D eigenvalue weighted by Crippen LogP contribution is 2.33. The maximum absolute atomic E-state index is 10.1. The predicted octanol–water partition coefficient (Wildman–Crippen LogP) is 4.61. The molecule has 114 valence electrons. The van der Waals surface area contributed by atoms with Crippen molar-refractivity contribution in [2.75, 3.05) is 6.61 Å². The molecule has 3 nitrogen and oxygen atoms in total. The Morgan fingerprint density at radius 1 is 1.11 bits per heavy atom. The fourth-order valence-electron chi connectivity index (χ4n) is 2.78. The van der Waals surface area contributed by atoms with Crippen molar-refractivity contribution >= 4 is 15.7 Å². The molecular formula is C15H32O3Si. The first-order chi connectivity index (χ1) is 8.83. The molecule has 0 aromatic rings. The second-order valence-corrected chi connectivity index (χ2v) is 10.7. The third kappa shape index (κ3) is 13.7. The summed E-state index contributed by atoms with van der Waals surface area (Å²) in [7, 11) is 0.0433. The van der Waals surface area contributed by atoms with Gasteiger partial charge in [-0.1, -0.05) is 71.8 Å². The number of unbranched alkanes of at least 4 members (excludes halogenated alkanes) is 5. The molecule has 0 aliphatic carbocycles. The van der Waals surface area contributed by atoms with Crippen molar-refractivity contribution in [1.29, 1.82) is 0 Å². The molecule has 0 rings (SSSR count). The SMILES string of the molecule is CC(C)[SiH2]C(C)(C)CCCCCCCCOC(=O)O. The van der Waals surface area contributed by atoms with Gasteiger partial charge in [-0.2, -0.15) is 0 Å². The molecule has 0 spiro atoms. The Morgan fingerprint density at radius 3 is 2.16 bits per heavy atom. The number of carboxylic acid groups (broad SMARTS) is 1. The van der Waals surface area contributed by atoms with E-state index in [1.165, 1.54) is 32.1 Å². The van der Waals surface area contributed by atoms with E-state index in [1.54, 1.807) is 0 Å². The van der Waals surface area contributed by atoms with E-state index in [9.17, 15) is 4.79 Å². The highest BCUT2D eigenvalue weighted by Gasteiger charge is 2.19. The smallest absolute Gasteiger partial charge is 0.450 e. The Labute approximate surface area is 120 Å². The summed E-state index contributed by atoms with van der Waals surface area (Å²) in [4.78, 5) is 10.1. The molecule has 0 aliphatic rings. The zero-order valence-corrected chi connectivity index (χ0v) is 14.6. The molecule has 0 saturated heterocycles. The average molecular weight is 289 g/mol. The lowest BCUT2D eigenvalue weighted by atomic mass is 10.0. The molecule has 19 heavy (non-hydrogen) atoms. The van der Waals surface area contributed by atoms with E-state index in [0.29, 0.717) is 11.6 Å². The van der Waals surface area contributed by atoms with Gasteiger partial charge < -0.3 is 9.84 Å². The van der Waals surface area contributed by atoms with E-state index in [4.69, 9.17) is 5.11 Å². The third-order valence-electron chi connectivity index (χ3n) is 3.43. The minimum atomic E-state index is -1.16. The molecule has 0 atom stereocenters. The van der Waals surface area contributed by atoms with Crippen LogP contribution >= 0.6 is 0 Å². The van der Waals surface area contributed by atoms with Crippen molar-refractivity contribution in [2.24, 2.45) is 0 Å². The minimum Gasteiger partial charge on any atom is -0.450 e. The molecule has 0 aromatic heterocycles. The van der Waals surface area contributed by atoms with E-state index in [0.717, 1.165) is 18.4 Å². The quantitative estimate of drug-likeness (QED) is 0.343. The van der Waals surface area contributed by atoms with Crippen LogP contribution in [-0.4, -0.2) is 27.4 Å². The normalized spacial score (nSPS) is 12.5. The third-order valence-corrected chi connectivity index (χ3v) is 5.71. The summed E-state index contributed by atoms with van der Waals surface area (Å²) in [6.45, 7) is 9.92. The van der Waals surface area contributed by atoms with Crippen LogP contribution in [0.25, 0.3) is 0 Å². The lowest BCUT2D eigenvalue weighted by Crippen LogP contribution is -2.15. The van der Waals surface area contributed by atoms with Gasteiger partial charge in [0.25, 0.3) is 0 Å². The van der Waals surface area contributed by atoms with Gasteiger partial charge in [-0.25, -0.2) is 4.79 Å². The standard InChI is InChI=1S/C15H32O3Si/c1-13(2)19-15(3,4)11-9-7-5-6-8-10-12-18-14(16)17/h13H,5-12,19H2,1-4H3,(H,16,17). The van der Waals surface area contributed by atoms with E-state index in [-0.39, 0.29) is 9.52 Å². The summed E-state index contributed by atoms with van der Waals surface area (Å²) in [5, 5.41) is 8.92. The number of hydrogen-bond acceptors (Lipinski definition) is 2. The molecule has 0 saturated carbocycles. The summed E-state index contributed by atoms with van der Waals surface area (Å²) in [5.74, 6) is 0. The van der Waals surface area contributed by atoms with Crippen molar-refractivity contribution in [1.82, 2.24) is 0 Å². The molecule has 0 radical (unpaired) electrons. The Hall–Kier alpha value is -0.513. The van der Waals surface area contributed by atoms with Crippen molar-refractivity contribution in [2.45, 2.75) is 83.2 Å². The molecule has 0 aromatic carbocycles. The zero-order chi connectivity index (χ0) is 14.7. The van der Waals surface area contributed by atoms with Gasteiger partial charge in [0.2, 0.25) is 0 Å². The van der Waals surface area contributed by atoms with Crippen molar-refractivity contribution in [3.8, 4) is 0 Å². The van der Waals surface area contributed by atoms with Gasteiger partial charge in [-0.3, -0.25) is 0 Å². The molecule has 0 unspecified atom stereocenters. The van der Waals surface area contributed by atoms with E-state index >= 15 is 0 Å². The fourth-order valence-corrected chi connectivity index (χ4v) is 5.44. The van der Waals surface area contributed by atoms with Crippen LogP contribution in [0.2, 0.25) is 10.6 Å². The lowest BCUT2D eigenvalue weighted by Gasteiger charge is -2.26. The number of rotatable bonds is 11. The van der Waals surface area contributed by atoms with Crippen molar-refractivity contribution in [3.63, 3.8) is 0 Å². The largest absolute Gasteiger partial charge is 0.505 e. The maximum Gasteiger partial charge on any atom is 0.505 e. The van der Waals surface area contributed by atoms with Crippen LogP contribution in [0.4, 0.5) is 4.79 Å². The zero-order valence-electron chi connectivity index (χ0n) is 13.2. The van der Waals surface area contributed by atoms with Crippen LogP contribution in [-0.2, 0) is 4.74 Å². The van der Waals surface area contributed by atoms with E-state index in [1.807, 2.05) is 0 Å². The van der Waals surface area contributed by atoms with Gasteiger partial charge in [0, 0.05) is 9.52 Å². The van der Waals surface area contributed by atoms with Crippen LogP contribution in [0.1, 0.15) is 72.6 Å². The van der Waals surface area contributed by atoms with Gasteiger partial charge in [0.1, 0.15) is 0 Å². The van der Waals surface area contributed by atoms with Crippen LogP contribution < -0.4 is 0 Å². The van der Waals surface area contributed by atoms with Crippen molar-refractivity contribution in [3.05, 3.63) is 0 Å². The summed E-state index contributed by atoms with van der Waals surface area (Å²) in [6.07, 6.45) is 7.29. The lowest BCUT2D eigenvalue weighted by molar-refractivity contribution is 0.0899. The Kier molecular flexibility index (Phi) is 10.0. The number of carbonyl (C=O) groups is 1. The topological polar surface area (TPSA) is 46.5 Å². The van der Waals surface area contributed by atoms with Gasteiger partial charge in [-0.05, 0) is 11.5 Å². The Balaban J connectivity index is 3.33. The molecule has 0 heterocycles. The molecule has 0 aliphatic heterocycles. The maximum atomic E-state index is 10.1. The summed E-state index contributed by atoms with van der Waals surface area (Å²) in [6, 6.07) is 0. The second kappa shape index (κ2) is 10.3. The van der Waals surface area contributed by atoms with Crippen LogP contribution in [0.15, 0.2) is 0 Å². The molecule has 1 N–H and O–H groups in total. The summed E-state index contributed by atoms with van der Waals surface area (Å²) >= 11 is 0. The van der Waals surface area contributed by atoms with Gasteiger partial charge >= 0.3 is 6.16 Å². The molecular weight excluding hydrogens is 256 g/mol. The Morgan fingerprint density at radius 2 is 1.63 bits per heavy atom. The Bertz CT molecular complexity index is 240. The van der Waals surface area contributed by atoms with Crippen LogP contribution in [0.3, 0.4) is 0 Å². The van der Waals surface area contributed by atoms with Gasteiger partial charge in [-0.15, -0.1) is 0 Å². The first kappa shape index (κ1) is 18.5. The monoisotopic (exact) mass is 288 g/mol. The molecule has 0 amide bonds. The highest BCUT2D eigenvalue weighted by molar-refractivity contribution is 6.41. The summed E-state index contributed by atoms with van der Waals surface area (Å²) < 4.78 is 4.47. The first-order valence-corrected chi connectivity index (χ1v) is 9.21. The van der Waals surface area contributed by atoms with Crippen molar-refractivity contribution < 1.29 is 14.6 Å². The van der Waals surface area contributed by atoms with Gasteiger partial charge in [0.05, 0.1) is 6.61 Å². The predicted molar refractivity (Wildman–Crippen MR) is 84.0 cm³/mol. The highest BCUT2D eigenvalue weighted by atomic mass is 28.2. The summed E-state index contributed by atoms with van der Waals surface area (Å²) in [5.41, 5.74) is 0.921. The average Bonchev–Trinajstić information content (AvgIpc) is 2.24. The van der Waals surface area contributed by atoms with Crippen LogP contribution in [0, 0.1) is 0 Å². The fraction of sp³-hybridized carbons (Fsp3) is 0.933. The first-order valence-electron chi connectivity index (χ1n) is 7.69.